The Morgan fingerprint density at radius 3 is 2.69 bits per heavy atom. The first-order valence-corrected chi connectivity index (χ1v) is 10.9. The first-order chi connectivity index (χ1) is 12.6. The largest absolute Gasteiger partial charge is 0.396 e. The molecule has 1 saturated heterocycles. The van der Waals surface area contributed by atoms with E-state index in [1.54, 1.807) is 0 Å². The van der Waals surface area contributed by atoms with E-state index < -0.39 is 0 Å². The number of guanidine groups is 1. The monoisotopic (exact) mass is 368 g/mol. The molecule has 1 fully saturated rings. The van der Waals surface area contributed by atoms with Crippen molar-refractivity contribution in [2.75, 3.05) is 39.3 Å². The number of nitrogens with one attached hydrogen (secondary N) is 2. The number of hydrogen-bond donors (Lipinski definition) is 3. The minimum Gasteiger partial charge on any atom is -0.396 e. The number of unbranched alkanes of at least 4 members (excludes halogenated alkanes) is 1. The maximum Gasteiger partial charge on any atom is 0.191 e. The van der Waals surface area contributed by atoms with Crippen molar-refractivity contribution in [1.29, 1.82) is 0 Å². The van der Waals surface area contributed by atoms with Gasteiger partial charge in [-0.05, 0) is 77.3 Å². The molecule has 1 rings (SSSR count). The van der Waals surface area contributed by atoms with Crippen molar-refractivity contribution in [3.63, 3.8) is 0 Å². The minimum absolute atomic E-state index is 0.256. The lowest BCUT2D eigenvalue weighted by atomic mass is 9.94. The van der Waals surface area contributed by atoms with Gasteiger partial charge >= 0.3 is 0 Å². The highest BCUT2D eigenvalue weighted by Gasteiger charge is 2.17. The summed E-state index contributed by atoms with van der Waals surface area (Å²) in [6, 6.07) is 0.764. The van der Waals surface area contributed by atoms with E-state index in [-0.39, 0.29) is 6.61 Å². The molecule has 5 heteroatoms. The Balaban J connectivity index is 2.29. The van der Waals surface area contributed by atoms with E-state index in [4.69, 9.17) is 4.99 Å². The second-order valence-electron chi connectivity index (χ2n) is 8.24. The molecule has 0 radical (unpaired) electrons. The van der Waals surface area contributed by atoms with Gasteiger partial charge in [0.25, 0.3) is 0 Å². The number of hydrogen-bond acceptors (Lipinski definition) is 3. The summed E-state index contributed by atoms with van der Waals surface area (Å²) in [6.45, 7) is 14.4. The fraction of sp³-hybridized carbons (Fsp3) is 0.952. The zero-order valence-electron chi connectivity index (χ0n) is 17.8. The predicted molar refractivity (Wildman–Crippen MR) is 113 cm³/mol. The second kappa shape index (κ2) is 14.3. The van der Waals surface area contributed by atoms with Crippen LogP contribution in [-0.4, -0.2) is 61.3 Å². The van der Waals surface area contributed by atoms with Gasteiger partial charge < -0.3 is 20.6 Å². The van der Waals surface area contributed by atoms with E-state index in [1.165, 1.54) is 45.2 Å². The van der Waals surface area contributed by atoms with Crippen LogP contribution in [0.2, 0.25) is 0 Å². The predicted octanol–water partition coefficient (Wildman–Crippen LogP) is 3.24. The minimum atomic E-state index is 0.256. The molecule has 0 aromatic heterocycles. The van der Waals surface area contributed by atoms with Crippen molar-refractivity contribution < 1.29 is 5.11 Å². The summed E-state index contributed by atoms with van der Waals surface area (Å²) in [5.41, 5.74) is 0. The first-order valence-electron chi connectivity index (χ1n) is 10.9. The van der Waals surface area contributed by atoms with Gasteiger partial charge in [-0.15, -0.1) is 0 Å². The van der Waals surface area contributed by atoms with Crippen LogP contribution >= 0.6 is 0 Å². The molecule has 154 valence electrons. The highest BCUT2D eigenvalue weighted by molar-refractivity contribution is 5.79. The van der Waals surface area contributed by atoms with Crippen LogP contribution in [-0.2, 0) is 0 Å². The van der Waals surface area contributed by atoms with Crippen molar-refractivity contribution in [1.82, 2.24) is 15.5 Å². The van der Waals surface area contributed by atoms with Crippen LogP contribution in [0.5, 0.6) is 0 Å². The Bertz CT molecular complexity index is 373. The van der Waals surface area contributed by atoms with Crippen LogP contribution in [0.4, 0.5) is 0 Å². The Morgan fingerprint density at radius 2 is 2.04 bits per heavy atom. The smallest absolute Gasteiger partial charge is 0.191 e. The molecule has 0 aliphatic carbocycles. The highest BCUT2D eigenvalue weighted by atomic mass is 16.3. The third kappa shape index (κ3) is 10.4. The van der Waals surface area contributed by atoms with E-state index in [9.17, 15) is 5.11 Å². The molecule has 0 amide bonds. The SMILES string of the molecule is CCNC(=NCC(CCO)CC(C)C)NCCCCN1CCCCC1C. The zero-order valence-corrected chi connectivity index (χ0v) is 17.8. The average Bonchev–Trinajstić information content (AvgIpc) is 2.60. The van der Waals surface area contributed by atoms with Crippen LogP contribution in [0.25, 0.3) is 0 Å². The number of aliphatic hydroxyl groups excluding tert-OH is 1. The van der Waals surface area contributed by atoms with Gasteiger partial charge in [0.2, 0.25) is 0 Å². The van der Waals surface area contributed by atoms with Gasteiger partial charge in [0.05, 0.1) is 0 Å². The molecular weight excluding hydrogens is 324 g/mol. The third-order valence-corrected chi connectivity index (χ3v) is 5.30. The molecule has 1 heterocycles. The van der Waals surface area contributed by atoms with Crippen LogP contribution in [0.1, 0.15) is 72.6 Å². The Kier molecular flexibility index (Phi) is 12.8. The number of rotatable bonds is 12. The summed E-state index contributed by atoms with van der Waals surface area (Å²) in [6.07, 6.45) is 8.52. The van der Waals surface area contributed by atoms with Gasteiger partial charge in [0.15, 0.2) is 5.96 Å². The summed E-state index contributed by atoms with van der Waals surface area (Å²) < 4.78 is 0. The average molecular weight is 369 g/mol. The quantitative estimate of drug-likeness (QED) is 0.281. The number of likely N-dealkylation sites (tertiary alicyclic amines) is 1. The summed E-state index contributed by atoms with van der Waals surface area (Å²) in [5, 5.41) is 16.1. The van der Waals surface area contributed by atoms with E-state index >= 15 is 0 Å². The molecule has 1 aliphatic rings. The molecule has 0 bridgehead atoms. The molecular formula is C21H44N4O. The maximum atomic E-state index is 9.26. The molecule has 0 spiro atoms. The highest BCUT2D eigenvalue weighted by Crippen LogP contribution is 2.17. The number of piperidine rings is 1. The lowest BCUT2D eigenvalue weighted by molar-refractivity contribution is 0.158. The van der Waals surface area contributed by atoms with Gasteiger partial charge in [-0.2, -0.15) is 0 Å². The first kappa shape index (κ1) is 23.2. The molecule has 5 nitrogen and oxygen atoms in total. The zero-order chi connectivity index (χ0) is 19.2. The van der Waals surface area contributed by atoms with Gasteiger partial charge in [-0.1, -0.05) is 20.3 Å². The summed E-state index contributed by atoms with van der Waals surface area (Å²) in [7, 11) is 0. The van der Waals surface area contributed by atoms with Gasteiger partial charge in [0.1, 0.15) is 0 Å². The van der Waals surface area contributed by atoms with Crippen LogP contribution < -0.4 is 10.6 Å². The fourth-order valence-electron chi connectivity index (χ4n) is 3.83. The van der Waals surface area contributed by atoms with Crippen LogP contribution in [0.3, 0.4) is 0 Å². The van der Waals surface area contributed by atoms with Gasteiger partial charge in [-0.3, -0.25) is 4.99 Å². The topological polar surface area (TPSA) is 59.9 Å². The van der Waals surface area contributed by atoms with Gasteiger partial charge in [-0.25, -0.2) is 0 Å². The summed E-state index contributed by atoms with van der Waals surface area (Å²) in [5.74, 6) is 2.04. The molecule has 0 aromatic carbocycles. The Hall–Kier alpha value is -0.810. The van der Waals surface area contributed by atoms with Crippen molar-refractivity contribution >= 4 is 5.96 Å². The molecule has 3 N–H and O–H groups in total. The lowest BCUT2D eigenvalue weighted by Crippen LogP contribution is -2.39. The van der Waals surface area contributed by atoms with Crippen molar-refractivity contribution in [2.45, 2.75) is 78.7 Å². The standard InChI is InChI=1S/C21H44N4O/c1-5-22-21(24-17-20(11-15-26)16-18(2)3)23-12-7-9-14-25-13-8-6-10-19(25)4/h18-20,26H,5-17H2,1-4H3,(H2,22,23,24). The number of aliphatic hydroxyl groups is 1. The summed E-state index contributed by atoms with van der Waals surface area (Å²) >= 11 is 0. The maximum absolute atomic E-state index is 9.26. The molecule has 0 aromatic rings. The molecule has 2 unspecified atom stereocenters. The number of aliphatic imine (C=N–C) groups is 1. The second-order valence-corrected chi connectivity index (χ2v) is 8.24. The summed E-state index contributed by atoms with van der Waals surface area (Å²) in [4.78, 5) is 7.40. The van der Waals surface area contributed by atoms with E-state index in [1.807, 2.05) is 0 Å². The normalized spacial score (nSPS) is 20.4. The molecule has 0 saturated carbocycles. The van der Waals surface area contributed by atoms with Crippen molar-refractivity contribution in [2.24, 2.45) is 16.8 Å². The van der Waals surface area contributed by atoms with Crippen molar-refractivity contribution in [3.8, 4) is 0 Å². The van der Waals surface area contributed by atoms with Crippen LogP contribution in [0, 0.1) is 11.8 Å². The molecule has 1 aliphatic heterocycles. The molecule has 2 atom stereocenters. The Labute approximate surface area is 162 Å². The van der Waals surface area contributed by atoms with Crippen LogP contribution in [0.15, 0.2) is 4.99 Å². The Morgan fingerprint density at radius 1 is 1.23 bits per heavy atom. The third-order valence-electron chi connectivity index (χ3n) is 5.30. The fourth-order valence-corrected chi connectivity index (χ4v) is 3.83. The lowest BCUT2D eigenvalue weighted by Gasteiger charge is -2.33. The van der Waals surface area contributed by atoms with Gasteiger partial charge in [0, 0.05) is 32.3 Å². The van der Waals surface area contributed by atoms with E-state index in [0.29, 0.717) is 11.8 Å². The number of nitrogens with zero attached hydrogens (tertiary/aromatic N) is 2. The van der Waals surface area contributed by atoms with E-state index in [0.717, 1.165) is 44.5 Å². The molecule has 26 heavy (non-hydrogen) atoms. The van der Waals surface area contributed by atoms with E-state index in [2.05, 4.69) is 43.2 Å². The van der Waals surface area contributed by atoms with Crippen molar-refractivity contribution in [3.05, 3.63) is 0 Å².